The van der Waals surface area contributed by atoms with E-state index >= 15 is 0 Å². The number of hydrogen-bond donors (Lipinski definition) is 1. The van der Waals surface area contributed by atoms with E-state index in [1.54, 1.807) is 0 Å². The first-order valence-corrected chi connectivity index (χ1v) is 8.65. The minimum absolute atomic E-state index is 0.671. The minimum atomic E-state index is 0.671. The quantitative estimate of drug-likeness (QED) is 0.890. The Balaban J connectivity index is 1.68. The van der Waals surface area contributed by atoms with E-state index in [4.69, 9.17) is 0 Å². The largest absolute Gasteiger partial charge is 0.311 e. The molecule has 2 atom stereocenters. The number of nitrogens with one attached hydrogen (secondary N) is 1. The van der Waals surface area contributed by atoms with Gasteiger partial charge in [-0.05, 0) is 43.6 Å². The first-order valence-electron chi connectivity index (χ1n) is 8.65. The van der Waals surface area contributed by atoms with Crippen molar-refractivity contribution in [3.8, 4) is 0 Å². The predicted molar refractivity (Wildman–Crippen MR) is 89.3 cm³/mol. The molecule has 3 rings (SSSR count). The standard InChI is InChI=1S/C19H30N2/c1-14(2)9-18-13-21(19(11-20-18)17-7-8-17)12-16-6-4-5-15(3)10-16/h4-6,10,14,17-20H,7-9,11-13H2,1-3H3. The molecule has 21 heavy (non-hydrogen) atoms. The number of hydrogen-bond acceptors (Lipinski definition) is 2. The second kappa shape index (κ2) is 6.50. The maximum absolute atomic E-state index is 3.81. The van der Waals surface area contributed by atoms with Crippen molar-refractivity contribution >= 4 is 0 Å². The van der Waals surface area contributed by atoms with E-state index < -0.39 is 0 Å². The third kappa shape index (κ3) is 4.08. The summed E-state index contributed by atoms with van der Waals surface area (Å²) in [5.41, 5.74) is 2.86. The van der Waals surface area contributed by atoms with Crippen molar-refractivity contribution in [2.45, 2.75) is 58.7 Å². The van der Waals surface area contributed by atoms with E-state index in [0.717, 1.165) is 24.4 Å². The summed E-state index contributed by atoms with van der Waals surface area (Å²) in [6.45, 7) is 10.4. The van der Waals surface area contributed by atoms with Gasteiger partial charge in [0.05, 0.1) is 0 Å². The Kier molecular flexibility index (Phi) is 4.66. The fourth-order valence-electron chi connectivity index (χ4n) is 3.80. The number of rotatable bonds is 5. The molecule has 0 aromatic heterocycles. The lowest BCUT2D eigenvalue weighted by atomic mass is 9.97. The van der Waals surface area contributed by atoms with E-state index in [2.05, 4.69) is 55.3 Å². The summed E-state index contributed by atoms with van der Waals surface area (Å²) in [4.78, 5) is 2.76. The Morgan fingerprint density at radius 2 is 2.10 bits per heavy atom. The van der Waals surface area contributed by atoms with Crippen LogP contribution in [0.1, 0.15) is 44.2 Å². The van der Waals surface area contributed by atoms with Gasteiger partial charge in [0.25, 0.3) is 0 Å². The second-order valence-corrected chi connectivity index (χ2v) is 7.56. The summed E-state index contributed by atoms with van der Waals surface area (Å²) >= 11 is 0. The van der Waals surface area contributed by atoms with Crippen LogP contribution >= 0.6 is 0 Å². The second-order valence-electron chi connectivity index (χ2n) is 7.56. The molecular formula is C19H30N2. The molecule has 2 unspecified atom stereocenters. The van der Waals surface area contributed by atoms with Gasteiger partial charge in [-0.2, -0.15) is 0 Å². The highest BCUT2D eigenvalue weighted by atomic mass is 15.2. The van der Waals surface area contributed by atoms with Crippen molar-refractivity contribution in [2.24, 2.45) is 11.8 Å². The molecule has 0 amide bonds. The van der Waals surface area contributed by atoms with Crippen molar-refractivity contribution in [1.29, 1.82) is 0 Å². The molecule has 1 saturated carbocycles. The number of aryl methyl sites for hydroxylation is 1. The maximum Gasteiger partial charge on any atom is 0.0253 e. The summed E-state index contributed by atoms with van der Waals surface area (Å²) in [6, 6.07) is 10.5. The fraction of sp³-hybridized carbons (Fsp3) is 0.684. The lowest BCUT2D eigenvalue weighted by Gasteiger charge is -2.41. The average molecular weight is 286 g/mol. The lowest BCUT2D eigenvalue weighted by molar-refractivity contribution is 0.100. The third-order valence-electron chi connectivity index (χ3n) is 4.93. The van der Waals surface area contributed by atoms with Crippen LogP contribution in [0, 0.1) is 18.8 Å². The van der Waals surface area contributed by atoms with Crippen LogP contribution in [0.3, 0.4) is 0 Å². The van der Waals surface area contributed by atoms with Crippen molar-refractivity contribution in [2.75, 3.05) is 13.1 Å². The van der Waals surface area contributed by atoms with Gasteiger partial charge in [0.1, 0.15) is 0 Å². The first-order chi connectivity index (χ1) is 10.1. The van der Waals surface area contributed by atoms with Gasteiger partial charge in [0.2, 0.25) is 0 Å². The third-order valence-corrected chi connectivity index (χ3v) is 4.93. The zero-order chi connectivity index (χ0) is 14.8. The monoisotopic (exact) mass is 286 g/mol. The van der Waals surface area contributed by atoms with Gasteiger partial charge in [-0.15, -0.1) is 0 Å². The molecule has 0 radical (unpaired) electrons. The van der Waals surface area contributed by atoms with Crippen LogP contribution < -0.4 is 5.32 Å². The molecule has 1 aliphatic carbocycles. The van der Waals surface area contributed by atoms with E-state index in [0.29, 0.717) is 6.04 Å². The molecule has 2 aliphatic rings. The highest BCUT2D eigenvalue weighted by molar-refractivity contribution is 5.22. The van der Waals surface area contributed by atoms with E-state index in [1.807, 2.05) is 0 Å². The summed E-state index contributed by atoms with van der Waals surface area (Å²) in [6.07, 6.45) is 4.17. The van der Waals surface area contributed by atoms with Crippen LogP contribution in [-0.2, 0) is 6.54 Å². The Labute approximate surface area is 129 Å². The topological polar surface area (TPSA) is 15.3 Å². The van der Waals surface area contributed by atoms with Crippen molar-refractivity contribution in [3.63, 3.8) is 0 Å². The van der Waals surface area contributed by atoms with E-state index in [-0.39, 0.29) is 0 Å². The van der Waals surface area contributed by atoms with Gasteiger partial charge >= 0.3 is 0 Å². The molecule has 2 fully saturated rings. The van der Waals surface area contributed by atoms with Gasteiger partial charge in [0.15, 0.2) is 0 Å². The van der Waals surface area contributed by atoms with Crippen LogP contribution in [0.4, 0.5) is 0 Å². The summed E-state index contributed by atoms with van der Waals surface area (Å²) < 4.78 is 0. The zero-order valence-corrected chi connectivity index (χ0v) is 13.8. The molecule has 1 N–H and O–H groups in total. The summed E-state index contributed by atoms with van der Waals surface area (Å²) in [7, 11) is 0. The van der Waals surface area contributed by atoms with Gasteiger partial charge < -0.3 is 5.32 Å². The number of benzene rings is 1. The minimum Gasteiger partial charge on any atom is -0.311 e. The highest BCUT2D eigenvalue weighted by Gasteiger charge is 2.38. The summed E-state index contributed by atoms with van der Waals surface area (Å²) in [5.74, 6) is 1.73. The van der Waals surface area contributed by atoms with E-state index in [1.165, 1.54) is 43.5 Å². The molecular weight excluding hydrogens is 256 g/mol. The van der Waals surface area contributed by atoms with Crippen molar-refractivity contribution in [3.05, 3.63) is 35.4 Å². The van der Waals surface area contributed by atoms with Gasteiger partial charge in [-0.25, -0.2) is 0 Å². The number of nitrogens with zero attached hydrogens (tertiary/aromatic N) is 1. The Morgan fingerprint density at radius 3 is 2.76 bits per heavy atom. The van der Waals surface area contributed by atoms with Crippen LogP contribution in [0.15, 0.2) is 24.3 Å². The van der Waals surface area contributed by atoms with Crippen LogP contribution in [0.25, 0.3) is 0 Å². The molecule has 1 aliphatic heterocycles. The van der Waals surface area contributed by atoms with Crippen LogP contribution in [0.2, 0.25) is 0 Å². The van der Waals surface area contributed by atoms with Gasteiger partial charge in [-0.3, -0.25) is 4.90 Å². The van der Waals surface area contributed by atoms with Crippen molar-refractivity contribution in [1.82, 2.24) is 10.2 Å². The molecule has 1 aromatic rings. The van der Waals surface area contributed by atoms with E-state index in [9.17, 15) is 0 Å². The van der Waals surface area contributed by atoms with Gasteiger partial charge in [-0.1, -0.05) is 43.7 Å². The van der Waals surface area contributed by atoms with Gasteiger partial charge in [0, 0.05) is 31.7 Å². The molecule has 0 spiro atoms. The number of piperazine rings is 1. The first kappa shape index (κ1) is 15.1. The molecule has 0 bridgehead atoms. The molecule has 1 saturated heterocycles. The SMILES string of the molecule is Cc1cccc(CN2CC(CC(C)C)NCC2C2CC2)c1. The molecule has 2 nitrogen and oxygen atoms in total. The predicted octanol–water partition coefficient (Wildman–Crippen LogP) is 3.59. The zero-order valence-electron chi connectivity index (χ0n) is 13.8. The normalized spacial score (nSPS) is 27.2. The molecule has 2 heteroatoms. The van der Waals surface area contributed by atoms with Crippen LogP contribution in [-0.4, -0.2) is 30.1 Å². The molecule has 116 valence electrons. The molecule has 1 aromatic carbocycles. The smallest absolute Gasteiger partial charge is 0.0253 e. The Morgan fingerprint density at radius 1 is 1.29 bits per heavy atom. The van der Waals surface area contributed by atoms with Crippen molar-refractivity contribution < 1.29 is 0 Å². The highest BCUT2D eigenvalue weighted by Crippen LogP contribution is 2.37. The molecule has 1 heterocycles. The maximum atomic E-state index is 3.81. The van der Waals surface area contributed by atoms with Crippen LogP contribution in [0.5, 0.6) is 0 Å². The fourth-order valence-corrected chi connectivity index (χ4v) is 3.80. The summed E-state index contributed by atoms with van der Waals surface area (Å²) in [5, 5.41) is 3.81. The lowest BCUT2D eigenvalue weighted by Crippen LogP contribution is -2.57. The average Bonchev–Trinajstić information content (AvgIpc) is 3.22. The Bertz CT molecular complexity index is 464. The Hall–Kier alpha value is -0.860.